The van der Waals surface area contributed by atoms with E-state index in [1.807, 2.05) is 11.3 Å². The zero-order valence-corrected chi connectivity index (χ0v) is 7.95. The lowest BCUT2D eigenvalue weighted by Gasteiger charge is -2.06. The first kappa shape index (κ1) is 8.75. The van der Waals surface area contributed by atoms with Gasteiger partial charge >= 0.3 is 0 Å². The van der Waals surface area contributed by atoms with Crippen LogP contribution in [0.4, 0.5) is 0 Å². The molecule has 1 aromatic rings. The summed E-state index contributed by atoms with van der Waals surface area (Å²) in [5, 5.41) is 2.15. The second-order valence-corrected chi connectivity index (χ2v) is 4.17. The molecule has 1 heterocycles. The van der Waals surface area contributed by atoms with Crippen molar-refractivity contribution in [2.45, 2.75) is 20.3 Å². The average Bonchev–Trinajstić information content (AvgIpc) is 2.37. The predicted octanol–water partition coefficient (Wildman–Crippen LogP) is 2.19. The molecule has 1 atom stereocenters. The maximum atomic E-state index is 5.54. The van der Waals surface area contributed by atoms with E-state index in [1.54, 1.807) is 0 Å². The van der Waals surface area contributed by atoms with Crippen molar-refractivity contribution in [1.29, 1.82) is 0 Å². The molecule has 2 N–H and O–H groups in total. The Morgan fingerprint density at radius 1 is 1.64 bits per heavy atom. The van der Waals surface area contributed by atoms with E-state index in [1.165, 1.54) is 10.4 Å². The van der Waals surface area contributed by atoms with Crippen molar-refractivity contribution in [1.82, 2.24) is 0 Å². The lowest BCUT2D eigenvalue weighted by molar-refractivity contribution is 0.592. The molecule has 0 saturated carbocycles. The van der Waals surface area contributed by atoms with Gasteiger partial charge in [-0.1, -0.05) is 6.92 Å². The van der Waals surface area contributed by atoms with Gasteiger partial charge in [0, 0.05) is 4.88 Å². The molecule has 0 aliphatic rings. The van der Waals surface area contributed by atoms with Gasteiger partial charge in [-0.2, -0.15) is 0 Å². The summed E-state index contributed by atoms with van der Waals surface area (Å²) in [6.07, 6.45) is 1.13. The molecule has 0 radical (unpaired) electrons. The number of hydrogen-bond acceptors (Lipinski definition) is 2. The van der Waals surface area contributed by atoms with Gasteiger partial charge in [-0.15, -0.1) is 11.3 Å². The van der Waals surface area contributed by atoms with Crippen LogP contribution in [-0.2, 0) is 6.42 Å². The van der Waals surface area contributed by atoms with Crippen molar-refractivity contribution >= 4 is 11.3 Å². The van der Waals surface area contributed by atoms with Gasteiger partial charge in [0.25, 0.3) is 0 Å². The van der Waals surface area contributed by atoms with Crippen molar-refractivity contribution < 1.29 is 0 Å². The van der Waals surface area contributed by atoms with Gasteiger partial charge in [-0.3, -0.25) is 0 Å². The molecule has 62 valence electrons. The number of hydrogen-bond donors (Lipinski definition) is 1. The number of thiophene rings is 1. The fourth-order valence-corrected chi connectivity index (χ4v) is 1.82. The summed E-state index contributed by atoms with van der Waals surface area (Å²) in [6.45, 7) is 5.15. The molecule has 0 spiro atoms. The third kappa shape index (κ3) is 2.31. The number of aryl methyl sites for hydroxylation is 1. The zero-order chi connectivity index (χ0) is 8.27. The molecule has 0 bridgehead atoms. The second kappa shape index (κ2) is 3.88. The van der Waals surface area contributed by atoms with Gasteiger partial charge < -0.3 is 5.73 Å². The first-order valence-electron chi connectivity index (χ1n) is 3.97. The van der Waals surface area contributed by atoms with Gasteiger partial charge in [0.2, 0.25) is 0 Å². The standard InChI is InChI=1S/C9H15NS/c1-7(6-10)5-9-3-4-11-8(9)2/h3-4,7H,5-6,10H2,1-2H3. The van der Waals surface area contributed by atoms with Crippen molar-refractivity contribution in [3.8, 4) is 0 Å². The van der Waals surface area contributed by atoms with Crippen LogP contribution in [0.3, 0.4) is 0 Å². The molecule has 0 aliphatic carbocycles. The van der Waals surface area contributed by atoms with E-state index < -0.39 is 0 Å². The average molecular weight is 169 g/mol. The first-order valence-corrected chi connectivity index (χ1v) is 4.85. The van der Waals surface area contributed by atoms with E-state index in [-0.39, 0.29) is 0 Å². The predicted molar refractivity (Wildman–Crippen MR) is 51.0 cm³/mol. The maximum Gasteiger partial charge on any atom is 0.00463 e. The summed E-state index contributed by atoms with van der Waals surface area (Å²) < 4.78 is 0. The van der Waals surface area contributed by atoms with Crippen molar-refractivity contribution in [3.05, 3.63) is 21.9 Å². The topological polar surface area (TPSA) is 26.0 Å². The number of rotatable bonds is 3. The highest BCUT2D eigenvalue weighted by Gasteiger charge is 2.03. The monoisotopic (exact) mass is 169 g/mol. The van der Waals surface area contributed by atoms with E-state index in [0.717, 1.165) is 13.0 Å². The van der Waals surface area contributed by atoms with E-state index >= 15 is 0 Å². The Morgan fingerprint density at radius 3 is 2.82 bits per heavy atom. The van der Waals surface area contributed by atoms with E-state index in [2.05, 4.69) is 25.3 Å². The molecule has 2 heteroatoms. The van der Waals surface area contributed by atoms with Gasteiger partial charge in [0.1, 0.15) is 0 Å². The van der Waals surface area contributed by atoms with Crippen molar-refractivity contribution in [2.24, 2.45) is 11.7 Å². The summed E-state index contributed by atoms with van der Waals surface area (Å²) in [5.41, 5.74) is 7.01. The van der Waals surface area contributed by atoms with Crippen LogP contribution in [0.25, 0.3) is 0 Å². The van der Waals surface area contributed by atoms with E-state index in [9.17, 15) is 0 Å². The van der Waals surface area contributed by atoms with Crippen LogP contribution in [-0.4, -0.2) is 6.54 Å². The SMILES string of the molecule is Cc1sccc1CC(C)CN. The van der Waals surface area contributed by atoms with Gasteiger partial charge in [-0.25, -0.2) is 0 Å². The van der Waals surface area contributed by atoms with Gasteiger partial charge in [0.05, 0.1) is 0 Å². The molecular formula is C9H15NS. The third-order valence-electron chi connectivity index (χ3n) is 1.94. The van der Waals surface area contributed by atoms with Crippen LogP contribution in [0.1, 0.15) is 17.4 Å². The smallest absolute Gasteiger partial charge is 0.00463 e. The van der Waals surface area contributed by atoms with E-state index in [0.29, 0.717) is 5.92 Å². The summed E-state index contributed by atoms with van der Waals surface area (Å²) >= 11 is 1.82. The summed E-state index contributed by atoms with van der Waals surface area (Å²) in [4.78, 5) is 1.44. The molecule has 0 saturated heterocycles. The van der Waals surface area contributed by atoms with Gasteiger partial charge in [0.15, 0.2) is 0 Å². The highest BCUT2D eigenvalue weighted by atomic mass is 32.1. The molecule has 0 amide bonds. The maximum absolute atomic E-state index is 5.54. The van der Waals surface area contributed by atoms with Crippen molar-refractivity contribution in [2.75, 3.05) is 6.54 Å². The summed E-state index contributed by atoms with van der Waals surface area (Å²) in [7, 11) is 0. The first-order chi connectivity index (χ1) is 5.24. The molecule has 0 aromatic carbocycles. The zero-order valence-electron chi connectivity index (χ0n) is 7.13. The van der Waals surface area contributed by atoms with E-state index in [4.69, 9.17) is 5.73 Å². The largest absolute Gasteiger partial charge is 0.330 e. The van der Waals surface area contributed by atoms with Crippen LogP contribution in [0.15, 0.2) is 11.4 Å². The van der Waals surface area contributed by atoms with Crippen molar-refractivity contribution in [3.63, 3.8) is 0 Å². The number of nitrogens with two attached hydrogens (primary N) is 1. The molecule has 1 unspecified atom stereocenters. The highest BCUT2D eigenvalue weighted by molar-refractivity contribution is 7.10. The highest BCUT2D eigenvalue weighted by Crippen LogP contribution is 2.18. The Balaban J connectivity index is 2.56. The second-order valence-electron chi connectivity index (χ2n) is 3.05. The summed E-state index contributed by atoms with van der Waals surface area (Å²) in [6, 6.07) is 2.20. The lowest BCUT2D eigenvalue weighted by atomic mass is 10.0. The van der Waals surface area contributed by atoms with Crippen LogP contribution < -0.4 is 5.73 Å². The minimum absolute atomic E-state index is 0.614. The van der Waals surface area contributed by atoms with Crippen LogP contribution in [0.2, 0.25) is 0 Å². The van der Waals surface area contributed by atoms with Gasteiger partial charge in [-0.05, 0) is 42.8 Å². The molecule has 11 heavy (non-hydrogen) atoms. The molecule has 0 aliphatic heterocycles. The molecular weight excluding hydrogens is 154 g/mol. The minimum atomic E-state index is 0.614. The van der Waals surface area contributed by atoms with Crippen LogP contribution in [0.5, 0.6) is 0 Å². The summed E-state index contributed by atoms with van der Waals surface area (Å²) in [5.74, 6) is 0.614. The normalized spacial score (nSPS) is 13.4. The quantitative estimate of drug-likeness (QED) is 0.737. The molecule has 0 fully saturated rings. The molecule has 1 nitrogen and oxygen atoms in total. The fraction of sp³-hybridized carbons (Fsp3) is 0.556. The molecule has 1 aromatic heterocycles. The third-order valence-corrected chi connectivity index (χ3v) is 2.82. The fourth-order valence-electron chi connectivity index (χ4n) is 1.08. The Kier molecular flexibility index (Phi) is 3.09. The Morgan fingerprint density at radius 2 is 2.36 bits per heavy atom. The molecule has 1 rings (SSSR count). The minimum Gasteiger partial charge on any atom is -0.330 e. The van der Waals surface area contributed by atoms with Crippen LogP contribution >= 0.6 is 11.3 Å². The van der Waals surface area contributed by atoms with Crippen LogP contribution in [0, 0.1) is 12.8 Å². The Labute approximate surface area is 72.2 Å². The Hall–Kier alpha value is -0.340. The lowest BCUT2D eigenvalue weighted by Crippen LogP contribution is -2.13. The Bertz CT molecular complexity index is 217.